The van der Waals surface area contributed by atoms with Crippen molar-refractivity contribution in [1.82, 2.24) is 5.32 Å². The van der Waals surface area contributed by atoms with Crippen molar-refractivity contribution in [3.8, 4) is 0 Å². The van der Waals surface area contributed by atoms with Gasteiger partial charge in [-0.1, -0.05) is 39.0 Å². The summed E-state index contributed by atoms with van der Waals surface area (Å²) in [5.41, 5.74) is 0.959. The summed E-state index contributed by atoms with van der Waals surface area (Å²) in [6, 6.07) is 6.98. The lowest BCUT2D eigenvalue weighted by Crippen LogP contribution is -2.29. The molecule has 0 spiro atoms. The van der Waals surface area contributed by atoms with Gasteiger partial charge in [0.25, 0.3) is 0 Å². The van der Waals surface area contributed by atoms with Gasteiger partial charge in [0.2, 0.25) is 0 Å². The largest absolute Gasteiger partial charge is 0.310 e. The number of hydrogen-bond acceptors (Lipinski definition) is 1. The van der Waals surface area contributed by atoms with Crippen LogP contribution in [0, 0.1) is 11.2 Å². The lowest BCUT2D eigenvalue weighted by Gasteiger charge is -2.23. The molecule has 0 bridgehead atoms. The SMILES string of the molecule is CC(NCC(C)(C)C)c1ccccc1F. The van der Waals surface area contributed by atoms with Gasteiger partial charge < -0.3 is 5.32 Å². The van der Waals surface area contributed by atoms with Crippen LogP contribution in [0.15, 0.2) is 24.3 Å². The second-order valence-electron chi connectivity index (χ2n) is 5.18. The van der Waals surface area contributed by atoms with Crippen molar-refractivity contribution in [3.05, 3.63) is 35.6 Å². The maximum Gasteiger partial charge on any atom is 0.127 e. The third kappa shape index (κ3) is 4.00. The van der Waals surface area contributed by atoms with Crippen LogP contribution in [0.5, 0.6) is 0 Å². The average molecular weight is 209 g/mol. The Morgan fingerprint density at radius 3 is 2.40 bits per heavy atom. The molecule has 1 N–H and O–H groups in total. The third-order valence-corrected chi connectivity index (χ3v) is 2.31. The summed E-state index contributed by atoms with van der Waals surface area (Å²) in [5.74, 6) is -0.133. The van der Waals surface area contributed by atoms with Gasteiger partial charge in [0.15, 0.2) is 0 Å². The smallest absolute Gasteiger partial charge is 0.127 e. The van der Waals surface area contributed by atoms with E-state index in [1.165, 1.54) is 6.07 Å². The highest BCUT2D eigenvalue weighted by Crippen LogP contribution is 2.18. The zero-order valence-electron chi connectivity index (χ0n) is 9.97. The number of hydrogen-bond donors (Lipinski definition) is 1. The van der Waals surface area contributed by atoms with E-state index in [4.69, 9.17) is 0 Å². The molecule has 1 rings (SSSR count). The third-order valence-electron chi connectivity index (χ3n) is 2.31. The first kappa shape index (κ1) is 12.2. The molecule has 84 valence electrons. The Kier molecular flexibility index (Phi) is 3.86. The fourth-order valence-electron chi connectivity index (χ4n) is 1.40. The fourth-order valence-corrected chi connectivity index (χ4v) is 1.40. The van der Waals surface area contributed by atoms with Gasteiger partial charge in [-0.25, -0.2) is 4.39 Å². The molecule has 0 radical (unpaired) electrons. The standard InChI is InChI=1S/C13H20FN/c1-10(15-9-13(2,3)4)11-7-5-6-8-12(11)14/h5-8,10,15H,9H2,1-4H3. The van der Waals surface area contributed by atoms with Crippen molar-refractivity contribution in [1.29, 1.82) is 0 Å². The summed E-state index contributed by atoms with van der Waals surface area (Å²) < 4.78 is 13.4. The highest BCUT2D eigenvalue weighted by molar-refractivity contribution is 5.20. The van der Waals surface area contributed by atoms with Gasteiger partial charge in [-0.2, -0.15) is 0 Å². The first-order chi connectivity index (χ1) is 6.90. The van der Waals surface area contributed by atoms with Gasteiger partial charge in [-0.3, -0.25) is 0 Å². The van der Waals surface area contributed by atoms with Crippen LogP contribution in [0.25, 0.3) is 0 Å². The van der Waals surface area contributed by atoms with Crippen LogP contribution in [-0.2, 0) is 0 Å². The Bertz CT molecular complexity index is 315. The Balaban J connectivity index is 2.62. The summed E-state index contributed by atoms with van der Waals surface area (Å²) in [7, 11) is 0. The van der Waals surface area contributed by atoms with Gasteiger partial charge in [-0.15, -0.1) is 0 Å². The second kappa shape index (κ2) is 4.75. The van der Waals surface area contributed by atoms with E-state index in [1.807, 2.05) is 19.1 Å². The van der Waals surface area contributed by atoms with Gasteiger partial charge >= 0.3 is 0 Å². The topological polar surface area (TPSA) is 12.0 Å². The van der Waals surface area contributed by atoms with Crippen molar-refractivity contribution in [2.24, 2.45) is 5.41 Å². The Morgan fingerprint density at radius 2 is 1.87 bits per heavy atom. The summed E-state index contributed by atoms with van der Waals surface area (Å²) in [5, 5.41) is 3.34. The van der Waals surface area contributed by atoms with E-state index in [2.05, 4.69) is 26.1 Å². The van der Waals surface area contributed by atoms with Crippen molar-refractivity contribution < 1.29 is 4.39 Å². The van der Waals surface area contributed by atoms with Crippen molar-refractivity contribution >= 4 is 0 Å². The number of halogens is 1. The predicted molar refractivity (Wildman–Crippen MR) is 62.3 cm³/mol. The molecule has 1 nitrogen and oxygen atoms in total. The van der Waals surface area contributed by atoms with E-state index in [0.717, 1.165) is 12.1 Å². The molecule has 1 atom stereocenters. The highest BCUT2D eigenvalue weighted by atomic mass is 19.1. The van der Waals surface area contributed by atoms with Crippen molar-refractivity contribution in [3.63, 3.8) is 0 Å². The van der Waals surface area contributed by atoms with E-state index < -0.39 is 0 Å². The molecule has 0 saturated carbocycles. The Labute approximate surface area is 91.7 Å². The Hall–Kier alpha value is -0.890. The summed E-state index contributed by atoms with van der Waals surface area (Å²) in [6.45, 7) is 9.35. The van der Waals surface area contributed by atoms with E-state index in [9.17, 15) is 4.39 Å². The first-order valence-corrected chi connectivity index (χ1v) is 5.38. The average Bonchev–Trinajstić information content (AvgIpc) is 2.14. The number of rotatable bonds is 3. The zero-order chi connectivity index (χ0) is 11.5. The summed E-state index contributed by atoms with van der Waals surface area (Å²) >= 11 is 0. The van der Waals surface area contributed by atoms with E-state index >= 15 is 0 Å². The molecule has 0 aliphatic carbocycles. The lowest BCUT2D eigenvalue weighted by atomic mass is 9.96. The van der Waals surface area contributed by atoms with Gasteiger partial charge in [-0.05, 0) is 18.4 Å². The minimum Gasteiger partial charge on any atom is -0.310 e. The number of benzene rings is 1. The Morgan fingerprint density at radius 1 is 1.27 bits per heavy atom. The molecule has 1 aromatic carbocycles. The summed E-state index contributed by atoms with van der Waals surface area (Å²) in [4.78, 5) is 0. The molecule has 1 aromatic rings. The second-order valence-corrected chi connectivity index (χ2v) is 5.18. The zero-order valence-corrected chi connectivity index (χ0v) is 9.97. The molecular formula is C13H20FN. The van der Waals surface area contributed by atoms with E-state index in [0.29, 0.717) is 0 Å². The molecule has 2 heteroatoms. The molecule has 0 saturated heterocycles. The van der Waals surface area contributed by atoms with Crippen LogP contribution >= 0.6 is 0 Å². The maximum absolute atomic E-state index is 13.4. The summed E-state index contributed by atoms with van der Waals surface area (Å²) in [6.07, 6.45) is 0. The predicted octanol–water partition coefficient (Wildman–Crippen LogP) is 3.52. The van der Waals surface area contributed by atoms with Crippen molar-refractivity contribution in [2.75, 3.05) is 6.54 Å². The molecular weight excluding hydrogens is 189 g/mol. The van der Waals surface area contributed by atoms with E-state index in [1.54, 1.807) is 6.07 Å². The van der Waals surface area contributed by atoms with Crippen LogP contribution in [0.1, 0.15) is 39.3 Å². The molecule has 0 fully saturated rings. The van der Waals surface area contributed by atoms with Gasteiger partial charge in [0.05, 0.1) is 0 Å². The monoisotopic (exact) mass is 209 g/mol. The molecule has 0 amide bonds. The molecule has 0 aliphatic heterocycles. The minimum absolute atomic E-state index is 0.0606. The van der Waals surface area contributed by atoms with Gasteiger partial charge in [0.1, 0.15) is 5.82 Å². The molecule has 0 heterocycles. The molecule has 0 aromatic heterocycles. The maximum atomic E-state index is 13.4. The minimum atomic E-state index is -0.133. The number of nitrogens with one attached hydrogen (secondary N) is 1. The van der Waals surface area contributed by atoms with Crippen LogP contribution in [0.3, 0.4) is 0 Å². The molecule has 0 aliphatic rings. The van der Waals surface area contributed by atoms with Crippen molar-refractivity contribution in [2.45, 2.75) is 33.7 Å². The van der Waals surface area contributed by atoms with E-state index in [-0.39, 0.29) is 17.3 Å². The quantitative estimate of drug-likeness (QED) is 0.803. The molecule has 1 unspecified atom stereocenters. The van der Waals surface area contributed by atoms with Crippen LogP contribution in [0.4, 0.5) is 4.39 Å². The lowest BCUT2D eigenvalue weighted by molar-refractivity contribution is 0.356. The van der Waals surface area contributed by atoms with Crippen LogP contribution < -0.4 is 5.32 Å². The highest BCUT2D eigenvalue weighted by Gasteiger charge is 2.14. The normalized spacial score (nSPS) is 13.9. The fraction of sp³-hybridized carbons (Fsp3) is 0.538. The first-order valence-electron chi connectivity index (χ1n) is 5.38. The van der Waals surface area contributed by atoms with Crippen LogP contribution in [-0.4, -0.2) is 6.54 Å². The van der Waals surface area contributed by atoms with Gasteiger partial charge in [0, 0.05) is 18.2 Å². The molecule has 15 heavy (non-hydrogen) atoms. The van der Waals surface area contributed by atoms with Crippen LogP contribution in [0.2, 0.25) is 0 Å².